The largest absolute Gasteiger partial charge is 0.481 e. The van der Waals surface area contributed by atoms with Crippen LogP contribution in [0, 0.1) is 0 Å². The summed E-state index contributed by atoms with van der Waals surface area (Å²) in [5.74, 6) is -0.706. The van der Waals surface area contributed by atoms with Gasteiger partial charge < -0.3 is 9.67 Å². The fraction of sp³-hybridized carbons (Fsp3) is 0.714. The number of aliphatic carboxylic acids is 1. The van der Waals surface area contributed by atoms with Crippen LogP contribution in [-0.4, -0.2) is 26.4 Å². The normalized spacial score (nSPS) is 18.4. The van der Waals surface area contributed by atoms with E-state index in [0.29, 0.717) is 0 Å². The van der Waals surface area contributed by atoms with E-state index in [2.05, 4.69) is 23.4 Å². The second-order valence-electron chi connectivity index (χ2n) is 5.46. The molecule has 0 bridgehead atoms. The average Bonchev–Trinajstić information content (AvgIpc) is 2.81. The SMILES string of the molecule is CCc1cnc(SCC(=O)O)n1C1(C)CCCCC1. The van der Waals surface area contributed by atoms with E-state index in [1.54, 1.807) is 0 Å². The Hall–Kier alpha value is -0.970. The standard InChI is InChI=1S/C14H22N2O2S/c1-3-11-9-15-13(19-10-12(17)18)16(11)14(2)7-5-4-6-8-14/h9H,3-8,10H2,1-2H3,(H,17,18). The fourth-order valence-corrected chi connectivity index (χ4v) is 3.81. The van der Waals surface area contributed by atoms with Crippen molar-refractivity contribution in [2.75, 3.05) is 5.75 Å². The first-order chi connectivity index (χ1) is 9.07. The molecule has 1 aliphatic carbocycles. The summed E-state index contributed by atoms with van der Waals surface area (Å²) in [6.07, 6.45) is 8.99. The summed E-state index contributed by atoms with van der Waals surface area (Å²) >= 11 is 1.34. The highest BCUT2D eigenvalue weighted by molar-refractivity contribution is 7.99. The molecule has 0 saturated heterocycles. The van der Waals surface area contributed by atoms with Crippen LogP contribution in [0.2, 0.25) is 0 Å². The van der Waals surface area contributed by atoms with Crippen LogP contribution in [0.5, 0.6) is 0 Å². The Morgan fingerprint density at radius 1 is 1.47 bits per heavy atom. The molecule has 0 atom stereocenters. The van der Waals surface area contributed by atoms with Crippen molar-refractivity contribution in [2.24, 2.45) is 0 Å². The number of carbonyl (C=O) groups is 1. The first kappa shape index (κ1) is 14.4. The van der Waals surface area contributed by atoms with Crippen LogP contribution < -0.4 is 0 Å². The number of imidazole rings is 1. The Kier molecular flexibility index (Phi) is 4.55. The van der Waals surface area contributed by atoms with Gasteiger partial charge in [0.1, 0.15) is 0 Å². The summed E-state index contributed by atoms with van der Waals surface area (Å²) in [7, 11) is 0. The third kappa shape index (κ3) is 3.14. The molecule has 1 aliphatic rings. The van der Waals surface area contributed by atoms with Gasteiger partial charge in [-0.25, -0.2) is 4.98 Å². The molecule has 0 amide bonds. The van der Waals surface area contributed by atoms with Crippen molar-refractivity contribution in [2.45, 2.75) is 63.1 Å². The van der Waals surface area contributed by atoms with Crippen LogP contribution in [0.4, 0.5) is 0 Å². The lowest BCUT2D eigenvalue weighted by molar-refractivity contribution is -0.133. The van der Waals surface area contributed by atoms with Crippen molar-refractivity contribution in [3.8, 4) is 0 Å². The topological polar surface area (TPSA) is 55.1 Å². The van der Waals surface area contributed by atoms with E-state index in [1.807, 2.05) is 6.20 Å². The second kappa shape index (κ2) is 5.99. The molecule has 1 aromatic heterocycles. The van der Waals surface area contributed by atoms with Crippen molar-refractivity contribution in [1.82, 2.24) is 9.55 Å². The van der Waals surface area contributed by atoms with Gasteiger partial charge in [-0.3, -0.25) is 4.79 Å². The maximum Gasteiger partial charge on any atom is 0.313 e. The Balaban J connectivity index is 2.29. The number of thioether (sulfide) groups is 1. The van der Waals surface area contributed by atoms with Gasteiger partial charge in [-0.15, -0.1) is 0 Å². The first-order valence-electron chi connectivity index (χ1n) is 6.98. The van der Waals surface area contributed by atoms with Gasteiger partial charge in [0, 0.05) is 17.4 Å². The zero-order chi connectivity index (χ0) is 13.9. The quantitative estimate of drug-likeness (QED) is 0.842. The van der Waals surface area contributed by atoms with E-state index in [0.717, 1.165) is 24.4 Å². The Labute approximate surface area is 118 Å². The van der Waals surface area contributed by atoms with Crippen molar-refractivity contribution in [3.63, 3.8) is 0 Å². The van der Waals surface area contributed by atoms with Crippen LogP contribution in [-0.2, 0) is 16.8 Å². The van der Waals surface area contributed by atoms with Gasteiger partial charge in [0.15, 0.2) is 5.16 Å². The molecular formula is C14H22N2O2S. The van der Waals surface area contributed by atoms with Gasteiger partial charge in [-0.2, -0.15) is 0 Å². The van der Waals surface area contributed by atoms with Crippen LogP contribution >= 0.6 is 11.8 Å². The zero-order valence-electron chi connectivity index (χ0n) is 11.7. The van der Waals surface area contributed by atoms with Gasteiger partial charge in [0.2, 0.25) is 0 Å². The van der Waals surface area contributed by atoms with Crippen molar-refractivity contribution in [1.29, 1.82) is 0 Å². The molecule has 1 aromatic rings. The number of nitrogens with zero attached hydrogens (tertiary/aromatic N) is 2. The summed E-state index contributed by atoms with van der Waals surface area (Å²) in [5.41, 5.74) is 1.33. The number of hydrogen-bond acceptors (Lipinski definition) is 3. The maximum atomic E-state index is 10.8. The Morgan fingerprint density at radius 3 is 2.74 bits per heavy atom. The number of aryl methyl sites for hydroxylation is 1. The Bertz CT molecular complexity index is 450. The lowest BCUT2D eigenvalue weighted by atomic mass is 9.83. The summed E-state index contributed by atoms with van der Waals surface area (Å²) < 4.78 is 2.31. The molecule has 1 fully saturated rings. The van der Waals surface area contributed by atoms with E-state index in [9.17, 15) is 4.79 Å². The molecule has 4 nitrogen and oxygen atoms in total. The van der Waals surface area contributed by atoms with Crippen LogP contribution in [0.25, 0.3) is 0 Å². The van der Waals surface area contributed by atoms with Gasteiger partial charge in [-0.05, 0) is 26.2 Å². The van der Waals surface area contributed by atoms with Crippen molar-refractivity contribution in [3.05, 3.63) is 11.9 Å². The smallest absolute Gasteiger partial charge is 0.313 e. The summed E-state index contributed by atoms with van der Waals surface area (Å²) in [4.78, 5) is 15.2. The van der Waals surface area contributed by atoms with Gasteiger partial charge in [-0.1, -0.05) is 37.9 Å². The molecule has 106 valence electrons. The molecule has 1 saturated carbocycles. The fourth-order valence-electron chi connectivity index (χ4n) is 2.96. The van der Waals surface area contributed by atoms with Gasteiger partial charge >= 0.3 is 5.97 Å². The molecule has 2 rings (SSSR count). The van der Waals surface area contributed by atoms with E-state index in [4.69, 9.17) is 5.11 Å². The molecule has 0 radical (unpaired) electrons. The number of aromatic nitrogens is 2. The number of carboxylic acids is 1. The number of rotatable bonds is 5. The minimum atomic E-state index is -0.786. The molecule has 5 heteroatoms. The molecule has 0 unspecified atom stereocenters. The molecule has 0 aliphatic heterocycles. The molecule has 0 aromatic carbocycles. The maximum absolute atomic E-state index is 10.8. The first-order valence-corrected chi connectivity index (χ1v) is 7.97. The summed E-state index contributed by atoms with van der Waals surface area (Å²) in [6, 6.07) is 0. The second-order valence-corrected chi connectivity index (χ2v) is 6.40. The van der Waals surface area contributed by atoms with Crippen LogP contribution in [0.3, 0.4) is 0 Å². The predicted molar refractivity (Wildman–Crippen MR) is 76.7 cm³/mol. The van der Waals surface area contributed by atoms with E-state index >= 15 is 0 Å². The third-order valence-corrected chi connectivity index (χ3v) is 4.90. The van der Waals surface area contributed by atoms with Crippen LogP contribution in [0.1, 0.15) is 51.6 Å². The predicted octanol–water partition coefficient (Wildman–Crippen LogP) is 3.30. The molecule has 1 heterocycles. The highest BCUT2D eigenvalue weighted by atomic mass is 32.2. The summed E-state index contributed by atoms with van der Waals surface area (Å²) in [5, 5.41) is 9.71. The molecular weight excluding hydrogens is 260 g/mol. The van der Waals surface area contributed by atoms with Crippen molar-refractivity contribution < 1.29 is 9.90 Å². The third-order valence-electron chi connectivity index (χ3n) is 3.96. The average molecular weight is 282 g/mol. The summed E-state index contributed by atoms with van der Waals surface area (Å²) in [6.45, 7) is 4.42. The van der Waals surface area contributed by atoms with Gasteiger partial charge in [0.05, 0.1) is 5.75 Å². The minimum absolute atomic E-state index is 0.0796. The minimum Gasteiger partial charge on any atom is -0.481 e. The lowest BCUT2D eigenvalue weighted by Crippen LogP contribution is -2.34. The zero-order valence-corrected chi connectivity index (χ0v) is 12.5. The number of carboxylic acid groups (broad SMARTS) is 1. The highest BCUT2D eigenvalue weighted by Crippen LogP contribution is 2.38. The van der Waals surface area contributed by atoms with Crippen LogP contribution in [0.15, 0.2) is 11.4 Å². The van der Waals surface area contributed by atoms with Crippen molar-refractivity contribution >= 4 is 17.7 Å². The molecule has 0 spiro atoms. The Morgan fingerprint density at radius 2 is 2.16 bits per heavy atom. The van der Waals surface area contributed by atoms with E-state index in [1.165, 1.54) is 36.7 Å². The van der Waals surface area contributed by atoms with E-state index < -0.39 is 5.97 Å². The van der Waals surface area contributed by atoms with Gasteiger partial charge in [0.25, 0.3) is 0 Å². The van der Waals surface area contributed by atoms with E-state index in [-0.39, 0.29) is 11.3 Å². The highest BCUT2D eigenvalue weighted by Gasteiger charge is 2.32. The molecule has 1 N–H and O–H groups in total. The number of hydrogen-bond donors (Lipinski definition) is 1. The lowest BCUT2D eigenvalue weighted by Gasteiger charge is -2.37. The monoisotopic (exact) mass is 282 g/mol. The molecule has 19 heavy (non-hydrogen) atoms.